The molecule has 0 saturated carbocycles. The van der Waals surface area contributed by atoms with Crippen molar-refractivity contribution in [3.63, 3.8) is 0 Å². The highest BCUT2D eigenvalue weighted by Crippen LogP contribution is 2.62. The minimum Gasteiger partial charge on any atom is -0.308 e. The standard InChI is InChI=1S/C61H32N4O/c62-29-31-26-46-54(57-48(31)50-35-17-4-8-21-39(35)52(57)40-22-9-5-18-36(40)50)44-28-43-34-16-12-13-25-45(34)64(33-14-2-1-3-15-33)61(66)55(43)59-56-47(65(46)60(44)59)27-32(30-63)49-51-37-19-6-10-23-41(37)53(58(49)56)42-24-11-7-20-38(42)51/h1-28,50-53H. The maximum absolute atomic E-state index is 16.0. The maximum Gasteiger partial charge on any atom is 0.264 e. The van der Waals surface area contributed by atoms with Gasteiger partial charge in [-0.15, -0.1) is 0 Å². The Kier molecular flexibility index (Phi) is 6.24. The lowest BCUT2D eigenvalue weighted by Crippen LogP contribution is -2.29. The number of nitriles is 2. The zero-order valence-electron chi connectivity index (χ0n) is 35.2. The smallest absolute Gasteiger partial charge is 0.264 e. The van der Waals surface area contributed by atoms with Gasteiger partial charge in [-0.05, 0) is 109 Å². The SMILES string of the molecule is N#Cc1cc2c(c3c1C1c4ccccc4C3c3ccccc31)c1cc3c4ccccc4n(-c4ccccc4)c(=O)c3c3c4c5c(c(C#N)cc4n2c13)C1c2ccccc2C5c2ccccc21. The number of hydrogen-bond acceptors (Lipinski definition) is 3. The topological polar surface area (TPSA) is 74.0 Å². The third-order valence-corrected chi connectivity index (χ3v) is 16.0. The molecule has 0 fully saturated rings. The Morgan fingerprint density at radius 3 is 1.30 bits per heavy atom. The number of para-hydroxylation sites is 2. The van der Waals surface area contributed by atoms with Gasteiger partial charge in [0, 0.05) is 56.3 Å². The molecule has 5 heteroatoms. The lowest BCUT2D eigenvalue weighted by molar-refractivity contribution is 0.758. The lowest BCUT2D eigenvalue weighted by Gasteiger charge is -2.43. The van der Waals surface area contributed by atoms with Crippen LogP contribution in [0, 0.1) is 22.7 Å². The number of aromatic nitrogens is 2. The highest BCUT2D eigenvalue weighted by molar-refractivity contribution is 6.35. The average molecular weight is 837 g/mol. The lowest BCUT2D eigenvalue weighted by atomic mass is 9.59. The minimum atomic E-state index is -0.163. The van der Waals surface area contributed by atoms with Gasteiger partial charge in [-0.3, -0.25) is 9.36 Å². The van der Waals surface area contributed by atoms with E-state index in [2.05, 4.69) is 150 Å². The fourth-order valence-corrected chi connectivity index (χ4v) is 13.9. The fraction of sp³-hybridized carbons (Fsp3) is 0.0656. The van der Waals surface area contributed by atoms with Gasteiger partial charge in [0.05, 0.1) is 50.7 Å². The monoisotopic (exact) mass is 836 g/mol. The number of nitrogens with zero attached hydrogens (tertiary/aromatic N) is 4. The van der Waals surface area contributed by atoms with E-state index in [1.54, 1.807) is 0 Å². The van der Waals surface area contributed by atoms with Crippen LogP contribution in [-0.2, 0) is 0 Å². The van der Waals surface area contributed by atoms with Crippen LogP contribution < -0.4 is 5.56 Å². The van der Waals surface area contributed by atoms with Crippen LogP contribution in [0.15, 0.2) is 175 Å². The van der Waals surface area contributed by atoms with Gasteiger partial charge >= 0.3 is 0 Å². The van der Waals surface area contributed by atoms with Crippen LogP contribution in [0.2, 0.25) is 0 Å². The quantitative estimate of drug-likeness (QED) is 0.155. The summed E-state index contributed by atoms with van der Waals surface area (Å²) in [7, 11) is 0. The molecule has 4 bridgehead atoms. The second-order valence-corrected chi connectivity index (χ2v) is 18.7. The van der Waals surface area contributed by atoms with Crippen LogP contribution in [0.5, 0.6) is 0 Å². The van der Waals surface area contributed by atoms with Crippen LogP contribution in [0.25, 0.3) is 65.5 Å². The summed E-state index contributed by atoms with van der Waals surface area (Å²) in [5.74, 6) is -0.510. The molecule has 0 spiro atoms. The van der Waals surface area contributed by atoms with Crippen molar-refractivity contribution in [3.05, 3.63) is 258 Å². The van der Waals surface area contributed by atoms with Crippen molar-refractivity contribution in [2.24, 2.45) is 0 Å². The first-order valence-corrected chi connectivity index (χ1v) is 22.7. The van der Waals surface area contributed by atoms with Gasteiger partial charge in [-0.1, -0.05) is 133 Å². The summed E-state index contributed by atoms with van der Waals surface area (Å²) in [6.07, 6.45) is 0. The molecule has 9 aromatic carbocycles. The van der Waals surface area contributed by atoms with E-state index in [0.29, 0.717) is 16.5 Å². The molecule has 0 saturated heterocycles. The Labute approximate surface area is 377 Å². The van der Waals surface area contributed by atoms with E-state index >= 15 is 4.79 Å². The van der Waals surface area contributed by atoms with E-state index in [0.717, 1.165) is 76.8 Å². The molecule has 18 rings (SSSR count). The first kappa shape index (κ1) is 34.7. The Morgan fingerprint density at radius 1 is 0.379 bits per heavy atom. The molecule has 6 aliphatic carbocycles. The molecule has 0 amide bonds. The predicted octanol–water partition coefficient (Wildman–Crippen LogP) is 13.0. The van der Waals surface area contributed by atoms with E-state index in [1.807, 2.05) is 41.0 Å². The Balaban J connectivity index is 1.19. The van der Waals surface area contributed by atoms with Gasteiger partial charge in [-0.25, -0.2) is 0 Å². The third kappa shape index (κ3) is 3.82. The summed E-state index contributed by atoms with van der Waals surface area (Å²) in [6, 6.07) is 65.2. The molecule has 0 unspecified atom stereocenters. The van der Waals surface area contributed by atoms with Crippen molar-refractivity contribution in [1.82, 2.24) is 8.97 Å². The third-order valence-electron chi connectivity index (χ3n) is 16.0. The first-order chi connectivity index (χ1) is 32.7. The van der Waals surface area contributed by atoms with Gasteiger partial charge in [-0.2, -0.15) is 10.5 Å². The predicted molar refractivity (Wildman–Crippen MR) is 261 cm³/mol. The summed E-state index contributed by atoms with van der Waals surface area (Å²) in [5, 5.41) is 29.3. The molecule has 302 valence electrons. The van der Waals surface area contributed by atoms with E-state index in [-0.39, 0.29) is 29.2 Å². The summed E-state index contributed by atoms with van der Waals surface area (Å²) in [4.78, 5) is 16.0. The van der Waals surface area contributed by atoms with Crippen molar-refractivity contribution in [2.75, 3.05) is 0 Å². The fourth-order valence-electron chi connectivity index (χ4n) is 13.9. The number of hydrogen-bond donors (Lipinski definition) is 0. The Bertz CT molecular complexity index is 4330. The number of rotatable bonds is 1. The van der Waals surface area contributed by atoms with Crippen molar-refractivity contribution in [3.8, 4) is 17.8 Å². The zero-order chi connectivity index (χ0) is 43.3. The molecule has 5 nitrogen and oxygen atoms in total. The van der Waals surface area contributed by atoms with Crippen LogP contribution >= 0.6 is 0 Å². The molecule has 0 N–H and O–H groups in total. The highest BCUT2D eigenvalue weighted by atomic mass is 16.1. The molecule has 6 aliphatic rings. The van der Waals surface area contributed by atoms with Gasteiger partial charge in [0.25, 0.3) is 5.56 Å². The van der Waals surface area contributed by atoms with Crippen molar-refractivity contribution in [2.45, 2.75) is 23.7 Å². The second kappa shape index (κ2) is 11.9. The van der Waals surface area contributed by atoms with E-state index in [4.69, 9.17) is 0 Å². The van der Waals surface area contributed by atoms with Crippen LogP contribution in [-0.4, -0.2) is 8.97 Å². The van der Waals surface area contributed by atoms with Gasteiger partial charge in [0.1, 0.15) is 0 Å². The molecule has 0 radical (unpaired) electrons. The van der Waals surface area contributed by atoms with Crippen LogP contribution in [0.4, 0.5) is 0 Å². The van der Waals surface area contributed by atoms with E-state index < -0.39 is 0 Å². The van der Waals surface area contributed by atoms with Crippen LogP contribution in [0.1, 0.15) is 102 Å². The Morgan fingerprint density at radius 2 is 0.803 bits per heavy atom. The number of fused-ring (bicyclic) bond motifs is 10. The van der Waals surface area contributed by atoms with Crippen molar-refractivity contribution >= 4 is 59.8 Å². The maximum atomic E-state index is 16.0. The Hall–Kier alpha value is -8.77. The van der Waals surface area contributed by atoms with Gasteiger partial charge in [0.2, 0.25) is 0 Å². The summed E-state index contributed by atoms with van der Waals surface area (Å²) in [5.41, 5.74) is 20.0. The van der Waals surface area contributed by atoms with E-state index in [9.17, 15) is 10.5 Å². The zero-order valence-corrected chi connectivity index (χ0v) is 35.2. The molecule has 0 aliphatic heterocycles. The average Bonchev–Trinajstić information content (AvgIpc) is 3.90. The molecule has 3 heterocycles. The molecular weight excluding hydrogens is 805 g/mol. The second-order valence-electron chi connectivity index (χ2n) is 18.7. The summed E-state index contributed by atoms with van der Waals surface area (Å²) < 4.78 is 4.22. The molecule has 0 atom stereocenters. The minimum absolute atomic E-state index is 0.0852. The highest BCUT2D eigenvalue weighted by Gasteiger charge is 2.47. The molecular formula is C61H32N4O. The number of benzene rings is 9. The summed E-state index contributed by atoms with van der Waals surface area (Å²) >= 11 is 0. The van der Waals surface area contributed by atoms with Gasteiger partial charge < -0.3 is 4.40 Å². The molecule has 3 aromatic heterocycles. The first-order valence-electron chi connectivity index (χ1n) is 22.7. The molecule has 12 aromatic rings. The van der Waals surface area contributed by atoms with E-state index in [1.165, 1.54) is 50.1 Å². The van der Waals surface area contributed by atoms with Crippen LogP contribution in [0.3, 0.4) is 0 Å². The summed E-state index contributed by atoms with van der Waals surface area (Å²) in [6.45, 7) is 0. The van der Waals surface area contributed by atoms with Gasteiger partial charge in [0.15, 0.2) is 0 Å². The van der Waals surface area contributed by atoms with Crippen molar-refractivity contribution in [1.29, 1.82) is 10.5 Å². The normalized spacial score (nSPS) is 18.0. The number of pyridine rings is 1. The largest absolute Gasteiger partial charge is 0.308 e. The molecule has 66 heavy (non-hydrogen) atoms. The van der Waals surface area contributed by atoms with Crippen molar-refractivity contribution < 1.29 is 0 Å².